The number of ether oxygens (including phenoxy) is 1. The largest absolute Gasteiger partial charge is 0.496 e. The highest BCUT2D eigenvalue weighted by atomic mass is 16.5. The molecule has 30 heavy (non-hydrogen) atoms. The first kappa shape index (κ1) is 22.2. The number of carbonyl (C=O) groups is 1. The Balaban J connectivity index is 1.65. The molecule has 0 spiro atoms. The zero-order valence-corrected chi connectivity index (χ0v) is 18.5. The van der Waals surface area contributed by atoms with Crippen LogP contribution in [0, 0.1) is 5.92 Å². The van der Waals surface area contributed by atoms with E-state index >= 15 is 0 Å². The van der Waals surface area contributed by atoms with Crippen molar-refractivity contribution < 1.29 is 9.53 Å². The van der Waals surface area contributed by atoms with Crippen molar-refractivity contribution in [2.45, 2.75) is 19.4 Å². The maximum absolute atomic E-state index is 13.1. The molecular weight excluding hydrogens is 376 g/mol. The third-order valence-electron chi connectivity index (χ3n) is 5.68. The summed E-state index contributed by atoms with van der Waals surface area (Å²) < 4.78 is 5.52. The molecule has 2 heterocycles. The van der Waals surface area contributed by atoms with E-state index in [1.54, 1.807) is 19.5 Å². The summed E-state index contributed by atoms with van der Waals surface area (Å²) in [5.41, 5.74) is 1.88. The first-order chi connectivity index (χ1) is 14.6. The fourth-order valence-electron chi connectivity index (χ4n) is 4.10. The number of benzene rings is 1. The van der Waals surface area contributed by atoms with Gasteiger partial charge in [-0.3, -0.25) is 14.7 Å². The quantitative estimate of drug-likeness (QED) is 0.636. The van der Waals surface area contributed by atoms with Gasteiger partial charge in [-0.05, 0) is 57.6 Å². The van der Waals surface area contributed by atoms with Crippen molar-refractivity contribution >= 4 is 5.91 Å². The van der Waals surface area contributed by atoms with Gasteiger partial charge in [-0.1, -0.05) is 18.2 Å². The maximum atomic E-state index is 13.1. The lowest BCUT2D eigenvalue weighted by Gasteiger charge is -2.36. The zero-order chi connectivity index (χ0) is 21.3. The number of aromatic nitrogens is 1. The Bertz CT molecular complexity index is 797. The number of likely N-dealkylation sites (N-methyl/N-ethyl adjacent to an activating group) is 1. The van der Waals surface area contributed by atoms with Crippen molar-refractivity contribution in [3.63, 3.8) is 0 Å². The van der Waals surface area contributed by atoms with Crippen LogP contribution in [0.3, 0.4) is 0 Å². The van der Waals surface area contributed by atoms with E-state index < -0.39 is 0 Å². The van der Waals surface area contributed by atoms with E-state index in [9.17, 15) is 4.79 Å². The Hall–Kier alpha value is -2.44. The number of para-hydroxylation sites is 1. The van der Waals surface area contributed by atoms with Crippen LogP contribution in [0.25, 0.3) is 0 Å². The van der Waals surface area contributed by atoms with Crippen molar-refractivity contribution in [3.05, 3.63) is 59.9 Å². The SMILES string of the molecule is COc1ccccc1CN1CCC[C@@H](CN(CCN(C)C)C(=O)c2cccnc2)C1. The average molecular weight is 411 g/mol. The molecule has 162 valence electrons. The first-order valence-electron chi connectivity index (χ1n) is 10.7. The van der Waals surface area contributed by atoms with E-state index in [4.69, 9.17) is 4.74 Å². The van der Waals surface area contributed by atoms with Gasteiger partial charge in [0.05, 0.1) is 12.7 Å². The van der Waals surface area contributed by atoms with Gasteiger partial charge in [0.15, 0.2) is 0 Å². The molecule has 6 nitrogen and oxygen atoms in total. The normalized spacial score (nSPS) is 17.1. The molecule has 1 atom stereocenters. The number of amides is 1. The van der Waals surface area contributed by atoms with Gasteiger partial charge in [-0.25, -0.2) is 0 Å². The summed E-state index contributed by atoms with van der Waals surface area (Å²) in [5.74, 6) is 1.49. The highest BCUT2D eigenvalue weighted by Gasteiger charge is 2.25. The number of nitrogens with zero attached hydrogens (tertiary/aromatic N) is 4. The Morgan fingerprint density at radius 3 is 2.77 bits per heavy atom. The Kier molecular flexibility index (Phi) is 8.22. The lowest BCUT2D eigenvalue weighted by molar-refractivity contribution is 0.0660. The molecule has 1 amide bonds. The van der Waals surface area contributed by atoms with Crippen LogP contribution in [0.5, 0.6) is 5.75 Å². The Labute approximate surface area is 180 Å². The highest BCUT2D eigenvalue weighted by Crippen LogP contribution is 2.24. The minimum atomic E-state index is 0.0757. The standard InChI is InChI=1S/C24H34N4O2/c1-26(2)14-15-28(24(29)21-10-6-12-25-16-21)18-20-8-7-13-27(17-20)19-22-9-4-5-11-23(22)30-3/h4-6,9-12,16,20H,7-8,13-15,17-19H2,1-3H3/t20-/m1/s1. The molecule has 0 unspecified atom stereocenters. The van der Waals surface area contributed by atoms with E-state index in [2.05, 4.69) is 26.9 Å². The average Bonchev–Trinajstić information content (AvgIpc) is 2.77. The predicted octanol–water partition coefficient (Wildman–Crippen LogP) is 3.01. The van der Waals surface area contributed by atoms with Crippen molar-refractivity contribution in [2.75, 3.05) is 53.9 Å². The second-order valence-electron chi connectivity index (χ2n) is 8.35. The van der Waals surface area contributed by atoms with Crippen LogP contribution in [0.15, 0.2) is 48.8 Å². The van der Waals surface area contributed by atoms with Crippen molar-refractivity contribution in [1.82, 2.24) is 19.7 Å². The van der Waals surface area contributed by atoms with E-state index in [1.807, 2.05) is 43.3 Å². The van der Waals surface area contributed by atoms with Gasteiger partial charge in [0.2, 0.25) is 0 Å². The van der Waals surface area contributed by atoms with Crippen LogP contribution >= 0.6 is 0 Å². The molecular formula is C24H34N4O2. The number of pyridine rings is 1. The van der Waals surface area contributed by atoms with E-state index in [1.165, 1.54) is 5.56 Å². The van der Waals surface area contributed by atoms with Gasteiger partial charge in [0.25, 0.3) is 5.91 Å². The van der Waals surface area contributed by atoms with Gasteiger partial charge in [0, 0.05) is 50.7 Å². The van der Waals surface area contributed by atoms with Crippen molar-refractivity contribution in [1.29, 1.82) is 0 Å². The number of piperidine rings is 1. The summed E-state index contributed by atoms with van der Waals surface area (Å²) in [6, 6.07) is 11.9. The molecule has 1 saturated heterocycles. The monoisotopic (exact) mass is 410 g/mol. The Morgan fingerprint density at radius 2 is 2.03 bits per heavy atom. The smallest absolute Gasteiger partial charge is 0.255 e. The molecule has 2 aromatic rings. The summed E-state index contributed by atoms with van der Waals surface area (Å²) in [5, 5.41) is 0. The van der Waals surface area contributed by atoms with Gasteiger partial charge in [0.1, 0.15) is 5.75 Å². The maximum Gasteiger partial charge on any atom is 0.255 e. The van der Waals surface area contributed by atoms with Crippen LogP contribution in [0.1, 0.15) is 28.8 Å². The lowest BCUT2D eigenvalue weighted by Crippen LogP contribution is -2.44. The number of methoxy groups -OCH3 is 1. The van der Waals surface area contributed by atoms with Crippen LogP contribution in [0.2, 0.25) is 0 Å². The molecule has 1 aromatic carbocycles. The summed E-state index contributed by atoms with van der Waals surface area (Å²) in [6.07, 6.45) is 5.68. The summed E-state index contributed by atoms with van der Waals surface area (Å²) in [6.45, 7) is 5.33. The second kappa shape index (κ2) is 11.1. The molecule has 0 radical (unpaired) electrons. The van der Waals surface area contributed by atoms with Crippen molar-refractivity contribution in [3.8, 4) is 5.75 Å². The predicted molar refractivity (Wildman–Crippen MR) is 120 cm³/mol. The van der Waals surface area contributed by atoms with E-state index in [-0.39, 0.29) is 5.91 Å². The van der Waals surface area contributed by atoms with E-state index in [0.29, 0.717) is 11.5 Å². The second-order valence-corrected chi connectivity index (χ2v) is 8.35. The number of carbonyl (C=O) groups excluding carboxylic acids is 1. The minimum Gasteiger partial charge on any atom is -0.496 e. The Morgan fingerprint density at radius 1 is 1.20 bits per heavy atom. The molecule has 1 aliphatic heterocycles. The van der Waals surface area contributed by atoms with E-state index in [0.717, 1.165) is 57.9 Å². The van der Waals surface area contributed by atoms with Gasteiger partial charge in [-0.15, -0.1) is 0 Å². The summed E-state index contributed by atoms with van der Waals surface area (Å²) in [7, 11) is 5.81. The molecule has 1 aliphatic rings. The molecule has 1 fully saturated rings. The zero-order valence-electron chi connectivity index (χ0n) is 18.5. The molecule has 0 N–H and O–H groups in total. The lowest BCUT2D eigenvalue weighted by atomic mass is 9.96. The first-order valence-corrected chi connectivity index (χ1v) is 10.7. The van der Waals surface area contributed by atoms with Crippen molar-refractivity contribution in [2.24, 2.45) is 5.92 Å². The molecule has 3 rings (SSSR count). The van der Waals surface area contributed by atoms with Crippen LogP contribution in [-0.2, 0) is 6.54 Å². The molecule has 0 bridgehead atoms. The molecule has 1 aromatic heterocycles. The van der Waals surface area contributed by atoms with Crippen LogP contribution in [-0.4, -0.2) is 79.5 Å². The topological polar surface area (TPSA) is 48.9 Å². The fourth-order valence-corrected chi connectivity index (χ4v) is 4.10. The number of hydrogen-bond acceptors (Lipinski definition) is 5. The van der Waals surface area contributed by atoms with Gasteiger partial charge in [-0.2, -0.15) is 0 Å². The molecule has 6 heteroatoms. The number of hydrogen-bond donors (Lipinski definition) is 0. The third-order valence-corrected chi connectivity index (χ3v) is 5.68. The van der Waals surface area contributed by atoms with Gasteiger partial charge >= 0.3 is 0 Å². The van der Waals surface area contributed by atoms with Crippen LogP contribution < -0.4 is 4.74 Å². The molecule has 0 saturated carbocycles. The summed E-state index contributed by atoms with van der Waals surface area (Å²) >= 11 is 0. The third kappa shape index (κ3) is 6.28. The van der Waals surface area contributed by atoms with Gasteiger partial charge < -0.3 is 14.5 Å². The molecule has 0 aliphatic carbocycles. The number of rotatable bonds is 9. The summed E-state index contributed by atoms with van der Waals surface area (Å²) in [4.78, 5) is 23.9. The fraction of sp³-hybridized carbons (Fsp3) is 0.500. The number of likely N-dealkylation sites (tertiary alicyclic amines) is 1. The van der Waals surface area contributed by atoms with Crippen LogP contribution in [0.4, 0.5) is 0 Å². The highest BCUT2D eigenvalue weighted by molar-refractivity contribution is 5.93. The minimum absolute atomic E-state index is 0.0757.